The number of piperidine rings is 1. The van der Waals surface area contributed by atoms with Crippen molar-refractivity contribution in [3.63, 3.8) is 0 Å². The van der Waals surface area contributed by atoms with Crippen LogP contribution in [0.3, 0.4) is 0 Å². The number of phenols is 1. The van der Waals surface area contributed by atoms with Crippen LogP contribution in [0.25, 0.3) is 22.3 Å². The molecule has 0 atom stereocenters. The fourth-order valence-electron chi connectivity index (χ4n) is 4.22. The van der Waals surface area contributed by atoms with Crippen LogP contribution in [0.5, 0.6) is 11.5 Å². The minimum atomic E-state index is -0.682. The molecular formula is C23H24N2O5. The largest absolute Gasteiger partial charge is 0.505 e. The zero-order valence-corrected chi connectivity index (χ0v) is 16.8. The molecule has 3 aromatic rings. The first kappa shape index (κ1) is 19.9. The molecular weight excluding hydrogens is 384 g/mol. The first-order chi connectivity index (χ1) is 14.5. The summed E-state index contributed by atoms with van der Waals surface area (Å²) in [5.41, 5.74) is 0.376. The maximum absolute atomic E-state index is 12.6. The second kappa shape index (κ2) is 8.18. The Morgan fingerprint density at radius 2 is 1.80 bits per heavy atom. The number of aromatic hydroxyl groups is 2. The molecule has 1 fully saturated rings. The Labute approximate surface area is 173 Å². The third-order valence-electron chi connectivity index (χ3n) is 5.89. The van der Waals surface area contributed by atoms with Gasteiger partial charge in [0.15, 0.2) is 17.0 Å². The summed E-state index contributed by atoms with van der Waals surface area (Å²) in [6.45, 7) is 4.24. The second-order valence-corrected chi connectivity index (χ2v) is 7.78. The van der Waals surface area contributed by atoms with Crippen LogP contribution < -0.4 is 10.3 Å². The molecule has 2 N–H and O–H groups in total. The van der Waals surface area contributed by atoms with Gasteiger partial charge in [-0.05, 0) is 60.3 Å². The fourth-order valence-corrected chi connectivity index (χ4v) is 4.22. The SMILES string of the molecule is CCCC1CCN(c2ccc(-c3oc4c(N=O)c(O)ccc4c(=O)c3O)cc2)CC1. The van der Waals surface area contributed by atoms with Crippen molar-refractivity contribution in [2.75, 3.05) is 18.0 Å². The van der Waals surface area contributed by atoms with Gasteiger partial charge in [0.25, 0.3) is 0 Å². The standard InChI is InChI=1S/C23H24N2O5/c1-2-3-14-10-12-25(13-11-14)16-6-4-15(5-7-16)22-21(28)20(27)17-8-9-18(26)19(24-29)23(17)30-22/h4-9,14,26,28H,2-3,10-13H2,1H3. The Morgan fingerprint density at radius 3 is 2.43 bits per heavy atom. The maximum atomic E-state index is 12.6. The molecule has 1 aromatic heterocycles. The number of hydrogen-bond acceptors (Lipinski definition) is 7. The van der Waals surface area contributed by atoms with Crippen LogP contribution in [-0.2, 0) is 0 Å². The van der Waals surface area contributed by atoms with Crippen LogP contribution in [-0.4, -0.2) is 23.3 Å². The van der Waals surface area contributed by atoms with E-state index in [9.17, 15) is 19.9 Å². The minimum absolute atomic E-state index is 0.0183. The molecule has 0 saturated carbocycles. The van der Waals surface area contributed by atoms with Crippen molar-refractivity contribution in [2.45, 2.75) is 32.6 Å². The Hall–Kier alpha value is -3.35. The van der Waals surface area contributed by atoms with Gasteiger partial charge in [0.2, 0.25) is 11.2 Å². The van der Waals surface area contributed by atoms with E-state index in [-0.39, 0.29) is 28.2 Å². The monoisotopic (exact) mass is 408 g/mol. The van der Waals surface area contributed by atoms with Crippen LogP contribution in [0.1, 0.15) is 32.6 Å². The van der Waals surface area contributed by atoms with Crippen molar-refractivity contribution < 1.29 is 14.6 Å². The number of nitrogens with zero attached hydrogens (tertiary/aromatic N) is 2. The summed E-state index contributed by atoms with van der Waals surface area (Å²) in [7, 11) is 0. The third kappa shape index (κ3) is 3.51. The first-order valence-electron chi connectivity index (χ1n) is 10.2. The molecule has 0 radical (unpaired) electrons. The molecule has 0 spiro atoms. The van der Waals surface area contributed by atoms with Gasteiger partial charge in [0.05, 0.1) is 5.39 Å². The number of nitroso groups, excluding NO2 is 1. The van der Waals surface area contributed by atoms with Gasteiger partial charge in [-0.3, -0.25) is 4.79 Å². The van der Waals surface area contributed by atoms with E-state index in [2.05, 4.69) is 17.0 Å². The molecule has 0 aliphatic carbocycles. The van der Waals surface area contributed by atoms with E-state index in [1.807, 2.05) is 12.1 Å². The highest BCUT2D eigenvalue weighted by molar-refractivity contribution is 5.92. The molecule has 0 bridgehead atoms. The summed E-state index contributed by atoms with van der Waals surface area (Å²) in [6, 6.07) is 9.87. The van der Waals surface area contributed by atoms with Crippen LogP contribution in [0.4, 0.5) is 11.4 Å². The number of fused-ring (bicyclic) bond motifs is 1. The van der Waals surface area contributed by atoms with Crippen molar-refractivity contribution in [2.24, 2.45) is 11.1 Å². The molecule has 1 saturated heterocycles. The topological polar surface area (TPSA) is 103 Å². The van der Waals surface area contributed by atoms with E-state index in [0.717, 1.165) is 24.7 Å². The van der Waals surface area contributed by atoms with E-state index >= 15 is 0 Å². The summed E-state index contributed by atoms with van der Waals surface area (Å²) in [4.78, 5) is 26.0. The van der Waals surface area contributed by atoms with Gasteiger partial charge < -0.3 is 19.5 Å². The van der Waals surface area contributed by atoms with E-state index in [4.69, 9.17) is 4.42 Å². The average Bonchev–Trinajstić information content (AvgIpc) is 2.77. The molecule has 7 heteroatoms. The van der Waals surface area contributed by atoms with Gasteiger partial charge in [-0.2, -0.15) is 0 Å². The molecule has 2 aromatic carbocycles. The minimum Gasteiger partial charge on any atom is -0.505 e. The van der Waals surface area contributed by atoms with Gasteiger partial charge in [-0.25, -0.2) is 0 Å². The predicted octanol–water partition coefficient (Wildman–Crippen LogP) is 5.29. The van der Waals surface area contributed by atoms with Crippen LogP contribution >= 0.6 is 0 Å². The van der Waals surface area contributed by atoms with Crippen LogP contribution in [0.2, 0.25) is 0 Å². The molecule has 156 valence electrons. The lowest BCUT2D eigenvalue weighted by Crippen LogP contribution is -2.33. The van der Waals surface area contributed by atoms with Crippen LogP contribution in [0, 0.1) is 10.8 Å². The molecule has 4 rings (SSSR count). The van der Waals surface area contributed by atoms with E-state index in [1.54, 1.807) is 12.1 Å². The van der Waals surface area contributed by atoms with Gasteiger partial charge in [-0.1, -0.05) is 19.8 Å². The summed E-state index contributed by atoms with van der Waals surface area (Å²) < 4.78 is 5.67. The zero-order chi connectivity index (χ0) is 21.3. The number of anilines is 1. The average molecular weight is 408 g/mol. The van der Waals surface area contributed by atoms with Gasteiger partial charge in [0, 0.05) is 24.3 Å². The van der Waals surface area contributed by atoms with Crippen molar-refractivity contribution in [1.29, 1.82) is 0 Å². The quantitative estimate of drug-likeness (QED) is 0.556. The van der Waals surface area contributed by atoms with E-state index in [0.29, 0.717) is 5.56 Å². The molecule has 1 aliphatic rings. The van der Waals surface area contributed by atoms with Crippen molar-refractivity contribution in [3.8, 4) is 22.8 Å². The highest BCUT2D eigenvalue weighted by Gasteiger charge is 2.21. The van der Waals surface area contributed by atoms with Gasteiger partial charge in [-0.15, -0.1) is 4.91 Å². The third-order valence-corrected chi connectivity index (χ3v) is 5.89. The van der Waals surface area contributed by atoms with Crippen LogP contribution in [0.15, 0.2) is 50.8 Å². The smallest absolute Gasteiger partial charge is 0.235 e. The normalized spacial score (nSPS) is 14.9. The molecule has 7 nitrogen and oxygen atoms in total. The molecule has 0 amide bonds. The zero-order valence-electron chi connectivity index (χ0n) is 16.8. The second-order valence-electron chi connectivity index (χ2n) is 7.78. The maximum Gasteiger partial charge on any atom is 0.235 e. The summed E-state index contributed by atoms with van der Waals surface area (Å²) in [5, 5.41) is 23.0. The number of phenolic OH excluding ortho intramolecular Hbond substituents is 1. The number of benzene rings is 2. The van der Waals surface area contributed by atoms with Crippen molar-refractivity contribution >= 4 is 22.3 Å². The van der Waals surface area contributed by atoms with Gasteiger partial charge >= 0.3 is 0 Å². The Kier molecular flexibility index (Phi) is 5.44. The fraction of sp³-hybridized carbons (Fsp3) is 0.348. The van der Waals surface area contributed by atoms with E-state index < -0.39 is 11.2 Å². The highest BCUT2D eigenvalue weighted by Crippen LogP contribution is 2.38. The first-order valence-corrected chi connectivity index (χ1v) is 10.2. The summed E-state index contributed by atoms with van der Waals surface area (Å²) >= 11 is 0. The summed E-state index contributed by atoms with van der Waals surface area (Å²) in [5.74, 6) is -0.195. The lowest BCUT2D eigenvalue weighted by molar-refractivity contribution is 0.378. The van der Waals surface area contributed by atoms with E-state index in [1.165, 1.54) is 37.8 Å². The Bertz CT molecular complexity index is 1130. The molecule has 30 heavy (non-hydrogen) atoms. The van der Waals surface area contributed by atoms with Crippen molar-refractivity contribution in [3.05, 3.63) is 51.5 Å². The lowest BCUT2D eigenvalue weighted by Gasteiger charge is -2.33. The van der Waals surface area contributed by atoms with Crippen molar-refractivity contribution in [1.82, 2.24) is 0 Å². The lowest BCUT2D eigenvalue weighted by atomic mass is 9.92. The summed E-state index contributed by atoms with van der Waals surface area (Å²) in [6.07, 6.45) is 4.86. The molecule has 2 heterocycles. The number of hydrogen-bond donors (Lipinski definition) is 2. The predicted molar refractivity (Wildman–Crippen MR) is 117 cm³/mol. The highest BCUT2D eigenvalue weighted by atomic mass is 16.4. The Morgan fingerprint density at radius 1 is 1.10 bits per heavy atom. The van der Waals surface area contributed by atoms with Gasteiger partial charge in [0.1, 0.15) is 5.75 Å². The molecule has 1 aliphatic heterocycles. The molecule has 0 unspecified atom stereocenters. The Balaban J connectivity index is 1.67. The number of rotatable bonds is 5.